The van der Waals surface area contributed by atoms with E-state index >= 15 is 0 Å². The van der Waals surface area contributed by atoms with Crippen molar-refractivity contribution in [3.63, 3.8) is 0 Å². The maximum Gasteiger partial charge on any atom is 0.235 e. The topological polar surface area (TPSA) is 66.5 Å². The molecule has 0 aliphatic rings. The minimum Gasteiger partial charge on any atom is -0.348 e. The molecule has 0 aliphatic heterocycles. The fourth-order valence-electron chi connectivity index (χ4n) is 2.49. The molecule has 0 aromatic heterocycles. The maximum atomic E-state index is 13.8. The van der Waals surface area contributed by atoms with Crippen molar-refractivity contribution in [1.29, 1.82) is 0 Å². The zero-order chi connectivity index (χ0) is 19.3. The van der Waals surface area contributed by atoms with Gasteiger partial charge >= 0.3 is 0 Å². The van der Waals surface area contributed by atoms with Crippen LogP contribution in [0.1, 0.15) is 29.7 Å². The van der Waals surface area contributed by atoms with Crippen LogP contribution in [0, 0.1) is 12.7 Å². The van der Waals surface area contributed by atoms with Gasteiger partial charge in [-0.3, -0.25) is 4.79 Å². The SMILES string of the molecule is Cc1ccc([C@H](C)NC(=O)CN(Cc2ccccc2F)S(C)(=O)=O)cc1. The Kier molecular flexibility index (Phi) is 6.50. The molecule has 1 amide bonds. The number of rotatable bonds is 7. The Hall–Kier alpha value is -2.25. The summed E-state index contributed by atoms with van der Waals surface area (Å²) < 4.78 is 38.8. The molecule has 5 nitrogen and oxygen atoms in total. The van der Waals surface area contributed by atoms with Gasteiger partial charge < -0.3 is 5.32 Å². The minimum atomic E-state index is -3.68. The number of benzene rings is 2. The van der Waals surface area contributed by atoms with Gasteiger partial charge in [0.15, 0.2) is 0 Å². The summed E-state index contributed by atoms with van der Waals surface area (Å²) in [6, 6.07) is 13.4. The molecule has 0 unspecified atom stereocenters. The van der Waals surface area contributed by atoms with Crippen molar-refractivity contribution < 1.29 is 17.6 Å². The summed E-state index contributed by atoms with van der Waals surface area (Å²) in [5.41, 5.74) is 2.25. The number of nitrogens with one attached hydrogen (secondary N) is 1. The van der Waals surface area contributed by atoms with Crippen LogP contribution in [0.2, 0.25) is 0 Å². The van der Waals surface area contributed by atoms with Crippen molar-refractivity contribution in [3.8, 4) is 0 Å². The summed E-state index contributed by atoms with van der Waals surface area (Å²) >= 11 is 0. The van der Waals surface area contributed by atoms with Crippen LogP contribution in [0.25, 0.3) is 0 Å². The average Bonchev–Trinajstić information content (AvgIpc) is 2.55. The summed E-state index contributed by atoms with van der Waals surface area (Å²) in [5.74, 6) is -0.950. The van der Waals surface area contributed by atoms with Crippen molar-refractivity contribution in [2.75, 3.05) is 12.8 Å². The van der Waals surface area contributed by atoms with Crippen molar-refractivity contribution >= 4 is 15.9 Å². The van der Waals surface area contributed by atoms with E-state index < -0.39 is 21.7 Å². The lowest BCUT2D eigenvalue weighted by Crippen LogP contribution is -2.40. The van der Waals surface area contributed by atoms with Gasteiger partial charge in [-0.2, -0.15) is 4.31 Å². The van der Waals surface area contributed by atoms with E-state index in [0.29, 0.717) is 0 Å². The first-order chi connectivity index (χ1) is 12.2. The first-order valence-electron chi connectivity index (χ1n) is 8.21. The summed E-state index contributed by atoms with van der Waals surface area (Å²) in [7, 11) is -3.68. The van der Waals surface area contributed by atoms with E-state index in [1.54, 1.807) is 6.07 Å². The normalized spacial score (nSPS) is 12.8. The Morgan fingerprint density at radius 3 is 2.35 bits per heavy atom. The molecular weight excluding hydrogens is 355 g/mol. The predicted octanol–water partition coefficient (Wildman–Crippen LogP) is 2.77. The molecule has 0 heterocycles. The Morgan fingerprint density at radius 1 is 1.15 bits per heavy atom. The van der Waals surface area contributed by atoms with Gasteiger partial charge in [0, 0.05) is 12.1 Å². The second kappa shape index (κ2) is 8.42. The maximum absolute atomic E-state index is 13.8. The Morgan fingerprint density at radius 2 is 1.77 bits per heavy atom. The second-order valence-corrected chi connectivity index (χ2v) is 8.30. The first kappa shape index (κ1) is 20.1. The largest absolute Gasteiger partial charge is 0.348 e. The lowest BCUT2D eigenvalue weighted by molar-refractivity contribution is -0.122. The van der Waals surface area contributed by atoms with Crippen LogP contribution in [0.3, 0.4) is 0 Å². The standard InChI is InChI=1S/C19H23FN2O3S/c1-14-8-10-16(11-9-14)15(2)21-19(23)13-22(26(3,24)25)12-17-6-4-5-7-18(17)20/h4-11,15H,12-13H2,1-3H3,(H,21,23)/t15-/m0/s1. The number of sulfonamides is 1. The summed E-state index contributed by atoms with van der Waals surface area (Å²) in [5, 5.41) is 2.78. The fourth-order valence-corrected chi connectivity index (χ4v) is 3.22. The summed E-state index contributed by atoms with van der Waals surface area (Å²) in [4.78, 5) is 12.3. The smallest absolute Gasteiger partial charge is 0.235 e. The molecule has 0 saturated carbocycles. The van der Waals surface area contributed by atoms with Crippen LogP contribution in [-0.4, -0.2) is 31.4 Å². The van der Waals surface area contributed by atoms with Crippen molar-refractivity contribution in [1.82, 2.24) is 9.62 Å². The van der Waals surface area contributed by atoms with Gasteiger partial charge in [-0.25, -0.2) is 12.8 Å². The van der Waals surface area contributed by atoms with Crippen LogP contribution in [0.4, 0.5) is 4.39 Å². The summed E-state index contributed by atoms with van der Waals surface area (Å²) in [6.07, 6.45) is 1.00. The molecule has 7 heteroatoms. The highest BCUT2D eigenvalue weighted by Crippen LogP contribution is 2.15. The molecule has 0 bridgehead atoms. The highest BCUT2D eigenvalue weighted by Gasteiger charge is 2.22. The highest BCUT2D eigenvalue weighted by atomic mass is 32.2. The Labute approximate surface area is 153 Å². The third-order valence-electron chi connectivity index (χ3n) is 4.05. The van der Waals surface area contributed by atoms with Gasteiger partial charge in [-0.15, -0.1) is 0 Å². The van der Waals surface area contributed by atoms with Crippen molar-refractivity contribution in [2.45, 2.75) is 26.4 Å². The average molecular weight is 378 g/mol. The number of carbonyl (C=O) groups excluding carboxylic acids is 1. The van der Waals surface area contributed by atoms with Crippen molar-refractivity contribution in [3.05, 3.63) is 71.0 Å². The van der Waals surface area contributed by atoms with Crippen LogP contribution in [0.15, 0.2) is 48.5 Å². The van der Waals surface area contributed by atoms with Gasteiger partial charge in [0.2, 0.25) is 15.9 Å². The van der Waals surface area contributed by atoms with Gasteiger partial charge in [-0.05, 0) is 25.5 Å². The number of hydrogen-bond donors (Lipinski definition) is 1. The number of amides is 1. The van der Waals surface area contributed by atoms with Gasteiger partial charge in [0.05, 0.1) is 18.8 Å². The van der Waals surface area contributed by atoms with E-state index in [0.717, 1.165) is 21.7 Å². The van der Waals surface area contributed by atoms with E-state index in [-0.39, 0.29) is 24.7 Å². The number of aryl methyl sites for hydroxylation is 1. The lowest BCUT2D eigenvalue weighted by Gasteiger charge is -2.21. The van der Waals surface area contributed by atoms with E-state index in [4.69, 9.17) is 0 Å². The van der Waals surface area contributed by atoms with Crippen LogP contribution in [0.5, 0.6) is 0 Å². The van der Waals surface area contributed by atoms with Crippen LogP contribution < -0.4 is 5.32 Å². The molecule has 0 fully saturated rings. The molecule has 0 radical (unpaired) electrons. The molecule has 1 N–H and O–H groups in total. The highest BCUT2D eigenvalue weighted by molar-refractivity contribution is 7.88. The molecule has 26 heavy (non-hydrogen) atoms. The van der Waals surface area contributed by atoms with Crippen LogP contribution >= 0.6 is 0 Å². The molecule has 2 aromatic rings. The molecule has 2 aromatic carbocycles. The first-order valence-corrected chi connectivity index (χ1v) is 10.1. The Bertz CT molecular complexity index is 867. The number of halogens is 1. The number of hydrogen-bond acceptors (Lipinski definition) is 3. The van der Waals surface area contributed by atoms with E-state index in [9.17, 15) is 17.6 Å². The molecular formula is C19H23FN2O3S. The lowest BCUT2D eigenvalue weighted by atomic mass is 10.1. The molecule has 0 spiro atoms. The van der Waals surface area contributed by atoms with Gasteiger partial charge in [-0.1, -0.05) is 48.0 Å². The monoisotopic (exact) mass is 378 g/mol. The fraction of sp³-hybridized carbons (Fsp3) is 0.316. The quantitative estimate of drug-likeness (QED) is 0.806. The number of carbonyl (C=O) groups is 1. The molecule has 1 atom stereocenters. The van der Waals surface area contributed by atoms with Crippen LogP contribution in [-0.2, 0) is 21.4 Å². The van der Waals surface area contributed by atoms with Gasteiger partial charge in [0.1, 0.15) is 5.82 Å². The Balaban J connectivity index is 2.07. The molecule has 0 aliphatic carbocycles. The van der Waals surface area contributed by atoms with E-state index in [1.807, 2.05) is 38.1 Å². The van der Waals surface area contributed by atoms with E-state index in [2.05, 4.69) is 5.32 Å². The third-order valence-corrected chi connectivity index (χ3v) is 5.24. The van der Waals surface area contributed by atoms with E-state index in [1.165, 1.54) is 18.2 Å². The number of nitrogens with zero attached hydrogens (tertiary/aromatic N) is 1. The van der Waals surface area contributed by atoms with Gasteiger partial charge in [0.25, 0.3) is 0 Å². The predicted molar refractivity (Wildman–Crippen MR) is 99.4 cm³/mol. The minimum absolute atomic E-state index is 0.197. The molecule has 140 valence electrons. The second-order valence-electron chi connectivity index (χ2n) is 6.32. The molecule has 2 rings (SSSR count). The van der Waals surface area contributed by atoms with Crippen molar-refractivity contribution in [2.24, 2.45) is 0 Å². The molecule has 0 saturated heterocycles. The third kappa shape index (κ3) is 5.64. The zero-order valence-corrected chi connectivity index (χ0v) is 15.9. The zero-order valence-electron chi connectivity index (χ0n) is 15.1. The summed E-state index contributed by atoms with van der Waals surface area (Å²) in [6.45, 7) is 3.23.